The van der Waals surface area contributed by atoms with Gasteiger partial charge in [0.25, 0.3) is 0 Å². The second-order valence-corrected chi connectivity index (χ2v) is 4.97. The lowest BCUT2D eigenvalue weighted by molar-refractivity contribution is -0.118. The second-order valence-electron chi connectivity index (χ2n) is 4.57. The maximum atomic E-state index is 12.1. The summed E-state index contributed by atoms with van der Waals surface area (Å²) in [7, 11) is 0. The van der Waals surface area contributed by atoms with Crippen molar-refractivity contribution in [1.29, 1.82) is 0 Å². The van der Waals surface area contributed by atoms with E-state index in [0.29, 0.717) is 28.6 Å². The van der Waals surface area contributed by atoms with Crippen LogP contribution in [0.15, 0.2) is 24.3 Å². The van der Waals surface area contributed by atoms with Crippen LogP contribution in [0, 0.1) is 5.92 Å². The summed E-state index contributed by atoms with van der Waals surface area (Å²) in [6, 6.07) is 3.25. The van der Waals surface area contributed by atoms with Crippen LogP contribution < -0.4 is 20.5 Å². The van der Waals surface area contributed by atoms with Gasteiger partial charge in [-0.05, 0) is 6.42 Å². The Morgan fingerprint density at radius 2 is 2.05 bits per heavy atom. The topological polar surface area (TPSA) is 73.6 Å². The average Bonchev–Trinajstić information content (AvgIpc) is 2.98. The molecule has 1 aliphatic carbocycles. The lowest BCUT2D eigenvalue weighted by Gasteiger charge is -2.12. The van der Waals surface area contributed by atoms with E-state index in [1.807, 2.05) is 12.2 Å². The minimum atomic E-state index is -0.212. The van der Waals surface area contributed by atoms with Gasteiger partial charge in [0.05, 0.1) is 16.6 Å². The molecule has 1 aromatic carbocycles. The number of ether oxygens (including phenoxy) is 2. The number of amides is 1. The summed E-state index contributed by atoms with van der Waals surface area (Å²) in [4.78, 5) is 12.1. The number of fused-ring (bicyclic) bond motifs is 1. The molecule has 2 atom stereocenters. The van der Waals surface area contributed by atoms with Crippen LogP contribution in [0.5, 0.6) is 11.5 Å². The number of carbonyl (C=O) groups is 1. The van der Waals surface area contributed by atoms with Gasteiger partial charge in [0.1, 0.15) is 0 Å². The van der Waals surface area contributed by atoms with E-state index in [1.165, 1.54) is 0 Å². The van der Waals surface area contributed by atoms with Gasteiger partial charge >= 0.3 is 0 Å². The first kappa shape index (κ1) is 12.3. The molecule has 1 amide bonds. The van der Waals surface area contributed by atoms with Crippen LogP contribution in [-0.4, -0.2) is 18.7 Å². The molecule has 2 aliphatic rings. The highest BCUT2D eigenvalue weighted by molar-refractivity contribution is 6.34. The molecular weight excluding hydrogens is 268 g/mol. The van der Waals surface area contributed by atoms with Gasteiger partial charge in [-0.25, -0.2) is 0 Å². The summed E-state index contributed by atoms with van der Waals surface area (Å²) in [6.07, 6.45) is 4.28. The molecule has 19 heavy (non-hydrogen) atoms. The smallest absolute Gasteiger partial charge is 0.231 e. The molecule has 1 aliphatic heterocycles. The lowest BCUT2D eigenvalue weighted by atomic mass is 10.1. The van der Waals surface area contributed by atoms with Crippen LogP contribution in [0.2, 0.25) is 5.02 Å². The van der Waals surface area contributed by atoms with Crippen molar-refractivity contribution >= 4 is 23.2 Å². The van der Waals surface area contributed by atoms with Crippen molar-refractivity contribution in [1.82, 2.24) is 0 Å². The fourth-order valence-corrected chi connectivity index (χ4v) is 2.36. The maximum Gasteiger partial charge on any atom is 0.231 e. The van der Waals surface area contributed by atoms with Gasteiger partial charge in [-0.3, -0.25) is 4.79 Å². The van der Waals surface area contributed by atoms with Crippen molar-refractivity contribution < 1.29 is 14.3 Å². The maximum absolute atomic E-state index is 12.1. The minimum Gasteiger partial charge on any atom is -0.454 e. The Kier molecular flexibility index (Phi) is 3.08. The molecule has 6 heteroatoms. The molecule has 100 valence electrons. The number of hydrogen-bond acceptors (Lipinski definition) is 4. The van der Waals surface area contributed by atoms with Gasteiger partial charge in [-0.2, -0.15) is 0 Å². The highest BCUT2D eigenvalue weighted by atomic mass is 35.5. The number of halogens is 1. The van der Waals surface area contributed by atoms with Gasteiger partial charge in [-0.1, -0.05) is 23.8 Å². The van der Waals surface area contributed by atoms with Crippen LogP contribution in [0.3, 0.4) is 0 Å². The van der Waals surface area contributed by atoms with E-state index >= 15 is 0 Å². The van der Waals surface area contributed by atoms with E-state index in [0.717, 1.165) is 0 Å². The van der Waals surface area contributed by atoms with Crippen LogP contribution in [0.1, 0.15) is 6.42 Å². The Labute approximate surface area is 115 Å². The summed E-state index contributed by atoms with van der Waals surface area (Å²) < 4.78 is 10.5. The van der Waals surface area contributed by atoms with E-state index in [2.05, 4.69) is 5.32 Å². The zero-order valence-corrected chi connectivity index (χ0v) is 10.8. The van der Waals surface area contributed by atoms with Crippen molar-refractivity contribution in [2.75, 3.05) is 12.1 Å². The summed E-state index contributed by atoms with van der Waals surface area (Å²) in [5, 5.41) is 3.21. The first-order valence-corrected chi connectivity index (χ1v) is 6.35. The molecule has 3 rings (SSSR count). The molecule has 0 saturated heterocycles. The van der Waals surface area contributed by atoms with Gasteiger partial charge in [0.2, 0.25) is 12.7 Å². The summed E-state index contributed by atoms with van der Waals surface area (Å²) in [5.41, 5.74) is 6.25. The number of benzene rings is 1. The predicted molar refractivity (Wildman–Crippen MR) is 71.4 cm³/mol. The van der Waals surface area contributed by atoms with Gasteiger partial charge < -0.3 is 20.5 Å². The third-order valence-electron chi connectivity index (χ3n) is 3.17. The molecule has 0 aromatic heterocycles. The average molecular weight is 281 g/mol. The SMILES string of the molecule is NC1C=CC(C(=O)Nc2cc3c(cc2Cl)OCO3)C1. The first-order chi connectivity index (χ1) is 9.13. The fraction of sp³-hybridized carbons (Fsp3) is 0.308. The minimum absolute atomic E-state index is 0.0528. The third-order valence-corrected chi connectivity index (χ3v) is 3.49. The van der Waals surface area contributed by atoms with Gasteiger partial charge in [-0.15, -0.1) is 0 Å². The van der Waals surface area contributed by atoms with Crippen LogP contribution in [0.25, 0.3) is 0 Å². The van der Waals surface area contributed by atoms with Crippen molar-refractivity contribution in [3.05, 3.63) is 29.3 Å². The number of anilines is 1. The third kappa shape index (κ3) is 2.39. The molecule has 0 spiro atoms. The largest absolute Gasteiger partial charge is 0.454 e. The highest BCUT2D eigenvalue weighted by Gasteiger charge is 2.24. The van der Waals surface area contributed by atoms with Crippen LogP contribution in [0.4, 0.5) is 5.69 Å². The molecule has 1 heterocycles. The summed E-state index contributed by atoms with van der Waals surface area (Å²) in [5.74, 6) is 0.839. The fourth-order valence-electron chi connectivity index (χ4n) is 2.16. The highest BCUT2D eigenvalue weighted by Crippen LogP contribution is 2.39. The molecule has 0 bridgehead atoms. The number of nitrogens with one attached hydrogen (secondary N) is 1. The van der Waals surface area contributed by atoms with E-state index in [4.69, 9.17) is 26.8 Å². The normalized spacial score (nSPS) is 23.7. The molecule has 5 nitrogen and oxygen atoms in total. The Balaban J connectivity index is 1.76. The van der Waals surface area contributed by atoms with Crippen LogP contribution in [-0.2, 0) is 4.79 Å². The zero-order valence-electron chi connectivity index (χ0n) is 10.1. The van der Waals surface area contributed by atoms with E-state index < -0.39 is 0 Å². The summed E-state index contributed by atoms with van der Waals surface area (Å²) in [6.45, 7) is 0.170. The van der Waals surface area contributed by atoms with Gasteiger partial charge in [0.15, 0.2) is 11.5 Å². The zero-order chi connectivity index (χ0) is 13.4. The standard InChI is InChI=1S/C13H13ClN2O3/c14-9-4-11-12(19-6-18-11)5-10(9)16-13(17)7-1-2-8(15)3-7/h1-2,4-5,7-8H,3,6,15H2,(H,16,17). The molecule has 0 radical (unpaired) electrons. The molecule has 2 unspecified atom stereocenters. The Morgan fingerprint density at radius 3 is 2.74 bits per heavy atom. The first-order valence-electron chi connectivity index (χ1n) is 5.97. The predicted octanol–water partition coefficient (Wildman–Crippen LogP) is 1.91. The Hall–Kier alpha value is -1.72. The molecule has 3 N–H and O–H groups in total. The quantitative estimate of drug-likeness (QED) is 0.812. The van der Waals surface area contributed by atoms with Gasteiger partial charge in [0, 0.05) is 18.2 Å². The molecular formula is C13H13ClN2O3. The van der Waals surface area contributed by atoms with Crippen LogP contribution >= 0.6 is 11.6 Å². The van der Waals surface area contributed by atoms with E-state index in [-0.39, 0.29) is 24.7 Å². The van der Waals surface area contributed by atoms with E-state index in [9.17, 15) is 4.79 Å². The number of nitrogens with two attached hydrogens (primary N) is 1. The van der Waals surface area contributed by atoms with Crippen molar-refractivity contribution in [2.45, 2.75) is 12.5 Å². The second kappa shape index (κ2) is 4.75. The summed E-state index contributed by atoms with van der Waals surface area (Å²) >= 11 is 6.09. The molecule has 1 aromatic rings. The lowest BCUT2D eigenvalue weighted by Crippen LogP contribution is -2.24. The number of rotatable bonds is 2. The molecule has 0 fully saturated rings. The Bertz CT molecular complexity index is 559. The monoisotopic (exact) mass is 280 g/mol. The van der Waals surface area contributed by atoms with E-state index in [1.54, 1.807) is 12.1 Å². The van der Waals surface area contributed by atoms with Crippen molar-refractivity contribution in [3.8, 4) is 11.5 Å². The Morgan fingerprint density at radius 1 is 1.32 bits per heavy atom. The number of carbonyl (C=O) groups excluding carboxylic acids is 1. The van der Waals surface area contributed by atoms with Crippen molar-refractivity contribution in [3.63, 3.8) is 0 Å². The number of hydrogen-bond donors (Lipinski definition) is 2. The molecule has 0 saturated carbocycles. The van der Waals surface area contributed by atoms with Crippen molar-refractivity contribution in [2.24, 2.45) is 11.7 Å².